The van der Waals surface area contributed by atoms with Gasteiger partial charge in [0.2, 0.25) is 5.91 Å². The van der Waals surface area contributed by atoms with Gasteiger partial charge in [-0.1, -0.05) is 23.8 Å². The lowest BCUT2D eigenvalue weighted by Gasteiger charge is -2.21. The van der Waals surface area contributed by atoms with E-state index in [0.717, 1.165) is 16.5 Å². The molecule has 7 heteroatoms. The van der Waals surface area contributed by atoms with E-state index in [9.17, 15) is 18.8 Å². The number of ether oxygens (including phenoxy) is 1. The van der Waals surface area contributed by atoms with Gasteiger partial charge in [0.25, 0.3) is 5.91 Å². The Labute approximate surface area is 163 Å². The van der Waals surface area contributed by atoms with Crippen molar-refractivity contribution in [1.82, 2.24) is 4.90 Å². The van der Waals surface area contributed by atoms with E-state index in [0.29, 0.717) is 11.3 Å². The number of rotatable bonds is 6. The van der Waals surface area contributed by atoms with Crippen LogP contribution in [0.5, 0.6) is 0 Å². The average molecular weight is 386 g/mol. The van der Waals surface area contributed by atoms with Crippen LogP contribution in [0.25, 0.3) is 0 Å². The quantitative estimate of drug-likeness (QED) is 0.774. The summed E-state index contributed by atoms with van der Waals surface area (Å²) in [6.45, 7) is 4.71. The van der Waals surface area contributed by atoms with Crippen LogP contribution in [0.2, 0.25) is 0 Å². The van der Waals surface area contributed by atoms with Gasteiger partial charge in [-0.3, -0.25) is 9.59 Å². The lowest BCUT2D eigenvalue weighted by molar-refractivity contribution is -0.140. The molecule has 0 saturated carbocycles. The highest BCUT2D eigenvalue weighted by Gasteiger charge is 2.24. The molecule has 2 aromatic rings. The molecule has 0 aliphatic carbocycles. The van der Waals surface area contributed by atoms with Crippen LogP contribution < -0.4 is 5.32 Å². The maximum absolute atomic E-state index is 13.6. The van der Waals surface area contributed by atoms with Gasteiger partial charge in [-0.15, -0.1) is 0 Å². The molecular weight excluding hydrogens is 363 g/mol. The van der Waals surface area contributed by atoms with Gasteiger partial charge >= 0.3 is 5.97 Å². The van der Waals surface area contributed by atoms with Crippen LogP contribution in [0.4, 0.5) is 10.1 Å². The smallest absolute Gasteiger partial charge is 0.339 e. The van der Waals surface area contributed by atoms with Gasteiger partial charge in [0.15, 0.2) is 6.10 Å². The predicted octanol–water partition coefficient (Wildman–Crippen LogP) is 3.08. The number of nitrogens with zero attached hydrogens (tertiary/aromatic N) is 1. The Balaban J connectivity index is 1.90. The number of amides is 2. The van der Waals surface area contributed by atoms with E-state index in [2.05, 4.69) is 5.32 Å². The molecule has 6 nitrogen and oxygen atoms in total. The monoisotopic (exact) mass is 386 g/mol. The number of aryl methyl sites for hydroxylation is 2. The number of carbonyl (C=O) groups excluding carboxylic acids is 3. The molecule has 0 heterocycles. The van der Waals surface area contributed by atoms with Crippen molar-refractivity contribution < 1.29 is 23.5 Å². The summed E-state index contributed by atoms with van der Waals surface area (Å²) >= 11 is 0. The number of esters is 1. The SMILES string of the molecule is Cc1ccc(NC(=O)CN(C)C(=O)[C@@H](C)OC(=O)c2ccc(C)c(F)c2)cc1. The first-order chi connectivity index (χ1) is 13.2. The number of halogens is 1. The van der Waals surface area contributed by atoms with Gasteiger partial charge in [0.05, 0.1) is 12.1 Å². The molecule has 2 rings (SSSR count). The molecule has 0 aliphatic heterocycles. The number of anilines is 1. The van der Waals surface area contributed by atoms with Gasteiger partial charge in [-0.05, 0) is 50.6 Å². The Kier molecular flexibility index (Phi) is 6.87. The van der Waals surface area contributed by atoms with Crippen LogP contribution in [-0.4, -0.2) is 42.4 Å². The summed E-state index contributed by atoms with van der Waals surface area (Å²) in [4.78, 5) is 37.7. The number of hydrogen-bond acceptors (Lipinski definition) is 4. The normalized spacial score (nSPS) is 11.5. The molecule has 0 aromatic heterocycles. The second-order valence-electron chi connectivity index (χ2n) is 6.62. The Morgan fingerprint density at radius 3 is 2.36 bits per heavy atom. The zero-order valence-corrected chi connectivity index (χ0v) is 16.3. The second-order valence-corrected chi connectivity index (χ2v) is 6.62. The summed E-state index contributed by atoms with van der Waals surface area (Å²) in [5, 5.41) is 2.69. The third-order valence-electron chi connectivity index (χ3n) is 4.13. The van der Waals surface area contributed by atoms with Gasteiger partial charge in [-0.2, -0.15) is 0 Å². The fourth-order valence-corrected chi connectivity index (χ4v) is 2.44. The second kappa shape index (κ2) is 9.12. The maximum atomic E-state index is 13.6. The van der Waals surface area contributed by atoms with E-state index in [-0.39, 0.29) is 18.0 Å². The number of carbonyl (C=O) groups is 3. The molecule has 2 aromatic carbocycles. The lowest BCUT2D eigenvalue weighted by Crippen LogP contribution is -2.41. The standard InChI is InChI=1S/C21H23FN2O4/c1-13-5-9-17(10-6-13)23-19(25)12-24(4)20(26)15(3)28-21(27)16-8-7-14(2)18(22)11-16/h5-11,15H,12H2,1-4H3,(H,23,25)/t15-/m1/s1. The fourth-order valence-electron chi connectivity index (χ4n) is 2.44. The van der Waals surface area contributed by atoms with Crippen molar-refractivity contribution in [2.24, 2.45) is 0 Å². The molecule has 0 fully saturated rings. The van der Waals surface area contributed by atoms with Crippen molar-refractivity contribution >= 4 is 23.5 Å². The predicted molar refractivity (Wildman–Crippen MR) is 103 cm³/mol. The molecule has 0 spiro atoms. The van der Waals surface area contributed by atoms with Crippen LogP contribution in [0.15, 0.2) is 42.5 Å². The van der Waals surface area contributed by atoms with Gasteiger partial charge in [0, 0.05) is 12.7 Å². The van der Waals surface area contributed by atoms with Gasteiger partial charge in [0.1, 0.15) is 5.82 Å². The number of benzene rings is 2. The molecule has 2 amide bonds. The lowest BCUT2D eigenvalue weighted by atomic mass is 10.1. The number of hydrogen-bond donors (Lipinski definition) is 1. The Morgan fingerprint density at radius 1 is 1.11 bits per heavy atom. The summed E-state index contributed by atoms with van der Waals surface area (Å²) in [6, 6.07) is 11.2. The van der Waals surface area contributed by atoms with Crippen LogP contribution in [0.3, 0.4) is 0 Å². The Morgan fingerprint density at radius 2 is 1.75 bits per heavy atom. The molecule has 0 saturated heterocycles. The topological polar surface area (TPSA) is 75.7 Å². The van der Waals surface area contributed by atoms with Crippen molar-refractivity contribution in [3.05, 3.63) is 65.0 Å². The molecule has 0 radical (unpaired) electrons. The molecule has 28 heavy (non-hydrogen) atoms. The highest BCUT2D eigenvalue weighted by atomic mass is 19.1. The van der Waals surface area contributed by atoms with Crippen molar-refractivity contribution in [3.8, 4) is 0 Å². The minimum atomic E-state index is -1.12. The van der Waals surface area contributed by atoms with E-state index in [4.69, 9.17) is 4.74 Å². The van der Waals surface area contributed by atoms with Crippen molar-refractivity contribution in [2.45, 2.75) is 26.9 Å². The van der Waals surface area contributed by atoms with Crippen LogP contribution in [-0.2, 0) is 14.3 Å². The summed E-state index contributed by atoms with van der Waals surface area (Å²) in [7, 11) is 1.44. The minimum absolute atomic E-state index is 0.0162. The molecular formula is C21H23FN2O4. The minimum Gasteiger partial charge on any atom is -0.449 e. The van der Waals surface area contributed by atoms with Crippen molar-refractivity contribution in [3.63, 3.8) is 0 Å². The molecule has 1 atom stereocenters. The molecule has 1 N–H and O–H groups in total. The number of likely N-dealkylation sites (N-methyl/N-ethyl adjacent to an activating group) is 1. The van der Waals surface area contributed by atoms with E-state index >= 15 is 0 Å². The van der Waals surface area contributed by atoms with Gasteiger partial charge < -0.3 is 15.0 Å². The average Bonchev–Trinajstić information content (AvgIpc) is 2.64. The Hall–Kier alpha value is -3.22. The van der Waals surface area contributed by atoms with Crippen LogP contribution in [0.1, 0.15) is 28.4 Å². The largest absolute Gasteiger partial charge is 0.449 e. The van der Waals surface area contributed by atoms with E-state index in [1.165, 1.54) is 26.1 Å². The first kappa shape index (κ1) is 21.1. The third-order valence-corrected chi connectivity index (χ3v) is 4.13. The number of nitrogens with one attached hydrogen (secondary N) is 1. The third kappa shape index (κ3) is 5.64. The summed E-state index contributed by atoms with van der Waals surface area (Å²) in [6.07, 6.45) is -1.12. The highest BCUT2D eigenvalue weighted by molar-refractivity contribution is 5.96. The summed E-state index contributed by atoms with van der Waals surface area (Å²) in [5.41, 5.74) is 2.11. The van der Waals surface area contributed by atoms with Gasteiger partial charge in [-0.25, -0.2) is 9.18 Å². The molecule has 0 aliphatic rings. The summed E-state index contributed by atoms with van der Waals surface area (Å²) < 4.78 is 18.7. The molecule has 0 unspecified atom stereocenters. The van der Waals surface area contributed by atoms with E-state index < -0.39 is 23.8 Å². The molecule has 0 bridgehead atoms. The van der Waals surface area contributed by atoms with E-state index in [1.807, 2.05) is 19.1 Å². The maximum Gasteiger partial charge on any atom is 0.339 e. The zero-order chi connectivity index (χ0) is 20.8. The fraction of sp³-hybridized carbons (Fsp3) is 0.286. The van der Waals surface area contributed by atoms with Crippen LogP contribution in [0, 0.1) is 19.7 Å². The zero-order valence-electron chi connectivity index (χ0n) is 16.3. The van der Waals surface area contributed by atoms with Crippen molar-refractivity contribution in [1.29, 1.82) is 0 Å². The summed E-state index contributed by atoms with van der Waals surface area (Å²) in [5.74, 6) is -2.26. The highest BCUT2D eigenvalue weighted by Crippen LogP contribution is 2.12. The van der Waals surface area contributed by atoms with Crippen LogP contribution >= 0.6 is 0 Å². The van der Waals surface area contributed by atoms with Crippen molar-refractivity contribution in [2.75, 3.05) is 18.9 Å². The first-order valence-electron chi connectivity index (χ1n) is 8.76. The van der Waals surface area contributed by atoms with E-state index in [1.54, 1.807) is 19.1 Å². The molecule has 148 valence electrons. The first-order valence-corrected chi connectivity index (χ1v) is 8.76. The Bertz CT molecular complexity index is 880.